The minimum absolute atomic E-state index is 0.0478. The summed E-state index contributed by atoms with van der Waals surface area (Å²) in [5.74, 6) is 0.836. The molecule has 3 heterocycles. The number of halogens is 1. The monoisotopic (exact) mass is 437 g/mol. The molecule has 1 aromatic heterocycles. The Balaban J connectivity index is 2.09. The molecule has 0 aliphatic carbocycles. The van der Waals surface area contributed by atoms with Gasteiger partial charge < -0.3 is 10.2 Å². The van der Waals surface area contributed by atoms with E-state index in [1.807, 2.05) is 36.3 Å². The average molecular weight is 438 g/mol. The number of hydrogen-bond donors (Lipinski definition) is 1. The molecule has 144 valence electrons. The number of hydrogen-bond acceptors (Lipinski definition) is 3. The van der Waals surface area contributed by atoms with Crippen LogP contribution in [-0.4, -0.2) is 28.4 Å². The van der Waals surface area contributed by atoms with Gasteiger partial charge in [0.15, 0.2) is 0 Å². The van der Waals surface area contributed by atoms with Gasteiger partial charge in [-0.05, 0) is 42.3 Å². The third-order valence-corrected chi connectivity index (χ3v) is 7.07. The van der Waals surface area contributed by atoms with Crippen molar-refractivity contribution in [1.82, 2.24) is 9.88 Å². The molecule has 5 heteroatoms. The lowest BCUT2D eigenvalue weighted by molar-refractivity contribution is -0.132. The predicted octanol–water partition coefficient (Wildman–Crippen LogP) is 5.11. The Morgan fingerprint density at radius 1 is 1.25 bits per heavy atom. The van der Waals surface area contributed by atoms with E-state index in [2.05, 4.69) is 65.7 Å². The van der Waals surface area contributed by atoms with Crippen molar-refractivity contribution in [1.29, 1.82) is 0 Å². The van der Waals surface area contributed by atoms with Gasteiger partial charge in [-0.15, -0.1) is 0 Å². The number of benzene rings is 1. The fraction of sp³-hybridized carbons (Fsp3) is 0.304. The summed E-state index contributed by atoms with van der Waals surface area (Å²) in [6.07, 6.45) is 4.33. The van der Waals surface area contributed by atoms with E-state index < -0.39 is 5.41 Å². The molecular weight excluding hydrogens is 414 g/mol. The van der Waals surface area contributed by atoms with Gasteiger partial charge in [0.1, 0.15) is 5.82 Å². The van der Waals surface area contributed by atoms with Crippen molar-refractivity contribution in [3.63, 3.8) is 0 Å². The zero-order chi connectivity index (χ0) is 20.3. The molecule has 1 aromatic carbocycles. The molecule has 0 saturated heterocycles. The summed E-state index contributed by atoms with van der Waals surface area (Å²) >= 11 is 3.78. The van der Waals surface area contributed by atoms with Crippen LogP contribution in [0, 0.1) is 0 Å². The van der Waals surface area contributed by atoms with Gasteiger partial charge in [0.05, 0.1) is 11.0 Å². The van der Waals surface area contributed by atoms with Crippen molar-refractivity contribution in [2.75, 3.05) is 12.4 Å². The van der Waals surface area contributed by atoms with Gasteiger partial charge in [0.25, 0.3) is 5.91 Å². The number of carbonyl (C=O) groups excluding carboxylic acids is 1. The van der Waals surface area contributed by atoms with Crippen LogP contribution in [0.3, 0.4) is 0 Å². The summed E-state index contributed by atoms with van der Waals surface area (Å²) in [5, 5.41) is 3.48. The number of nitrogens with zero attached hydrogens (tertiary/aromatic N) is 2. The maximum atomic E-state index is 13.6. The lowest BCUT2D eigenvalue weighted by Gasteiger charge is -2.49. The van der Waals surface area contributed by atoms with Crippen LogP contribution < -0.4 is 5.32 Å². The van der Waals surface area contributed by atoms with Crippen LogP contribution in [-0.2, 0) is 10.2 Å². The van der Waals surface area contributed by atoms with Crippen LogP contribution in [0.2, 0.25) is 0 Å². The highest BCUT2D eigenvalue weighted by Gasteiger charge is 2.51. The molecule has 1 N–H and O–H groups in total. The zero-order valence-electron chi connectivity index (χ0n) is 16.6. The minimum atomic E-state index is -0.635. The van der Waals surface area contributed by atoms with E-state index in [1.54, 1.807) is 6.08 Å². The van der Waals surface area contributed by atoms with Crippen molar-refractivity contribution in [2.45, 2.75) is 38.1 Å². The second-order valence-electron chi connectivity index (χ2n) is 8.28. The van der Waals surface area contributed by atoms with Gasteiger partial charge in [-0.1, -0.05) is 43.0 Å². The average Bonchev–Trinajstić information content (AvgIpc) is 2.66. The molecule has 0 fully saturated rings. The first kappa shape index (κ1) is 18.9. The Morgan fingerprint density at radius 2 is 1.93 bits per heavy atom. The third-order valence-electron chi connectivity index (χ3n) is 6.22. The Labute approximate surface area is 174 Å². The number of nitrogens with one attached hydrogen (secondary N) is 1. The Bertz CT molecular complexity index is 1030. The van der Waals surface area contributed by atoms with Gasteiger partial charge in [-0.2, -0.15) is 0 Å². The predicted molar refractivity (Wildman–Crippen MR) is 117 cm³/mol. The molecule has 0 radical (unpaired) electrons. The molecule has 28 heavy (non-hydrogen) atoms. The van der Waals surface area contributed by atoms with E-state index in [0.29, 0.717) is 0 Å². The van der Waals surface area contributed by atoms with Crippen LogP contribution in [0.1, 0.15) is 43.9 Å². The highest BCUT2D eigenvalue weighted by atomic mass is 79.9. The molecule has 4 rings (SSSR count). The standard InChI is InChI=1S/C23H24BrN3O/c1-6-14-13-25-20-18(19(14)24)23(4,15-10-8-7-9-11-15)17-16(26-20)12-22(2,3)27(5)21(17)28/h6-11,13H,1,12H2,2-5H3,(H,25,26). The van der Waals surface area contributed by atoms with E-state index in [1.165, 1.54) is 0 Å². The number of aromatic nitrogens is 1. The number of likely N-dealkylation sites (N-methyl/N-ethyl adjacent to an activating group) is 1. The lowest BCUT2D eigenvalue weighted by atomic mass is 9.65. The number of amides is 1. The minimum Gasteiger partial charge on any atom is -0.343 e. The second-order valence-corrected chi connectivity index (χ2v) is 9.07. The highest BCUT2D eigenvalue weighted by Crippen LogP contribution is 2.53. The first-order valence-corrected chi connectivity index (χ1v) is 10.2. The van der Waals surface area contributed by atoms with Crippen molar-refractivity contribution < 1.29 is 4.79 Å². The largest absolute Gasteiger partial charge is 0.343 e. The topological polar surface area (TPSA) is 45.2 Å². The summed E-state index contributed by atoms with van der Waals surface area (Å²) in [7, 11) is 1.89. The van der Waals surface area contributed by atoms with Crippen LogP contribution in [0.5, 0.6) is 0 Å². The summed E-state index contributed by atoms with van der Waals surface area (Å²) < 4.78 is 0.915. The van der Waals surface area contributed by atoms with E-state index in [0.717, 1.165) is 44.7 Å². The maximum Gasteiger partial charge on any atom is 0.252 e. The fourth-order valence-electron chi connectivity index (χ4n) is 4.36. The van der Waals surface area contributed by atoms with Gasteiger partial charge in [-0.3, -0.25) is 4.79 Å². The molecule has 0 saturated carbocycles. The molecule has 2 aliphatic heterocycles. The summed E-state index contributed by atoms with van der Waals surface area (Å²) in [6, 6.07) is 10.2. The molecule has 1 amide bonds. The van der Waals surface area contributed by atoms with Gasteiger partial charge in [-0.25, -0.2) is 4.98 Å². The zero-order valence-corrected chi connectivity index (χ0v) is 18.2. The quantitative estimate of drug-likeness (QED) is 0.709. The number of pyridine rings is 1. The molecule has 1 unspecified atom stereocenters. The molecular formula is C23H24BrN3O. The summed E-state index contributed by atoms with van der Waals surface area (Å²) in [6.45, 7) is 10.2. The second kappa shape index (κ2) is 6.31. The molecule has 0 spiro atoms. The Morgan fingerprint density at radius 3 is 2.57 bits per heavy atom. The smallest absolute Gasteiger partial charge is 0.252 e. The van der Waals surface area contributed by atoms with Crippen molar-refractivity contribution >= 4 is 33.7 Å². The maximum absolute atomic E-state index is 13.6. The van der Waals surface area contributed by atoms with E-state index in [9.17, 15) is 4.79 Å². The third kappa shape index (κ3) is 2.49. The number of rotatable bonds is 2. The van der Waals surface area contributed by atoms with E-state index >= 15 is 0 Å². The van der Waals surface area contributed by atoms with Crippen LogP contribution in [0.15, 0.2) is 58.9 Å². The van der Waals surface area contributed by atoms with Gasteiger partial charge in [0, 0.05) is 46.5 Å². The Kier molecular flexibility index (Phi) is 4.27. The SMILES string of the molecule is C=Cc1cnc2c(c1Br)C(C)(c1ccccc1)C1=C(CC(C)(C)N(C)C1=O)N2. The highest BCUT2D eigenvalue weighted by molar-refractivity contribution is 9.10. The Hall–Kier alpha value is -2.40. The van der Waals surface area contributed by atoms with Crippen LogP contribution in [0.25, 0.3) is 6.08 Å². The first-order chi connectivity index (χ1) is 13.2. The van der Waals surface area contributed by atoms with Crippen molar-refractivity contribution in [2.24, 2.45) is 0 Å². The molecule has 4 nitrogen and oxygen atoms in total. The summed E-state index contributed by atoms with van der Waals surface area (Å²) in [4.78, 5) is 20.2. The normalized spacial score (nSPS) is 23.0. The van der Waals surface area contributed by atoms with Crippen molar-refractivity contribution in [3.8, 4) is 0 Å². The molecule has 2 aliphatic rings. The van der Waals surface area contributed by atoms with E-state index in [4.69, 9.17) is 0 Å². The first-order valence-electron chi connectivity index (χ1n) is 9.37. The lowest BCUT2D eigenvalue weighted by Crippen LogP contribution is -2.54. The summed E-state index contributed by atoms with van der Waals surface area (Å²) in [5.41, 5.74) is 3.78. The van der Waals surface area contributed by atoms with Gasteiger partial charge in [0.2, 0.25) is 0 Å². The van der Waals surface area contributed by atoms with Crippen LogP contribution in [0.4, 0.5) is 5.82 Å². The van der Waals surface area contributed by atoms with E-state index in [-0.39, 0.29) is 11.4 Å². The fourth-order valence-corrected chi connectivity index (χ4v) is 5.21. The molecule has 0 bridgehead atoms. The molecule has 2 aromatic rings. The van der Waals surface area contributed by atoms with Crippen LogP contribution >= 0.6 is 15.9 Å². The number of fused-ring (bicyclic) bond motifs is 1. The molecule has 1 atom stereocenters. The van der Waals surface area contributed by atoms with Gasteiger partial charge >= 0.3 is 0 Å². The van der Waals surface area contributed by atoms with Crippen molar-refractivity contribution in [3.05, 3.63) is 75.5 Å². The number of anilines is 1. The number of carbonyl (C=O) groups is 1.